The summed E-state index contributed by atoms with van der Waals surface area (Å²) in [5.41, 5.74) is 0. The maximum absolute atomic E-state index is 11.9. The summed E-state index contributed by atoms with van der Waals surface area (Å²) in [7, 11) is 0. The number of likely N-dealkylation sites (tertiary alicyclic amines) is 1. The molecule has 7 nitrogen and oxygen atoms in total. The molecule has 0 spiro atoms. The summed E-state index contributed by atoms with van der Waals surface area (Å²) < 4.78 is 1.81. The van der Waals surface area contributed by atoms with E-state index in [9.17, 15) is 9.59 Å². The van der Waals surface area contributed by atoms with Gasteiger partial charge in [-0.2, -0.15) is 5.10 Å². The second kappa shape index (κ2) is 6.40. The van der Waals surface area contributed by atoms with Crippen LogP contribution in [0.5, 0.6) is 0 Å². The fourth-order valence-electron chi connectivity index (χ4n) is 2.43. The molecule has 0 aromatic carbocycles. The molecular formula is C13H20N4O3. The van der Waals surface area contributed by atoms with Gasteiger partial charge < -0.3 is 15.3 Å². The minimum atomic E-state index is -0.827. The highest BCUT2D eigenvalue weighted by Gasteiger charge is 2.36. The van der Waals surface area contributed by atoms with Gasteiger partial charge in [-0.15, -0.1) is 0 Å². The second-order valence-corrected chi connectivity index (χ2v) is 5.18. The first kappa shape index (κ1) is 14.4. The van der Waals surface area contributed by atoms with Gasteiger partial charge in [0.05, 0.1) is 5.92 Å². The molecule has 7 heteroatoms. The van der Waals surface area contributed by atoms with Crippen LogP contribution in [0.25, 0.3) is 0 Å². The molecule has 1 saturated heterocycles. The van der Waals surface area contributed by atoms with Crippen LogP contribution in [0.3, 0.4) is 0 Å². The number of amides is 2. The molecule has 1 aliphatic rings. The van der Waals surface area contributed by atoms with Gasteiger partial charge in [-0.25, -0.2) is 4.79 Å². The fourth-order valence-corrected chi connectivity index (χ4v) is 2.43. The van der Waals surface area contributed by atoms with Crippen molar-refractivity contribution in [1.29, 1.82) is 0 Å². The van der Waals surface area contributed by atoms with E-state index in [0.29, 0.717) is 19.6 Å². The number of carbonyl (C=O) groups is 2. The molecule has 1 aromatic rings. The molecule has 2 unspecified atom stereocenters. The number of hydrogen-bond acceptors (Lipinski definition) is 3. The quantitative estimate of drug-likeness (QED) is 0.775. The number of carbonyl (C=O) groups excluding carboxylic acids is 1. The van der Waals surface area contributed by atoms with Crippen LogP contribution in [0.15, 0.2) is 18.5 Å². The second-order valence-electron chi connectivity index (χ2n) is 5.18. The summed E-state index contributed by atoms with van der Waals surface area (Å²) in [5, 5.41) is 15.9. The minimum absolute atomic E-state index is 0.00215. The minimum Gasteiger partial charge on any atom is -0.481 e. The number of nitrogens with one attached hydrogen (secondary N) is 1. The Morgan fingerprint density at radius 2 is 2.25 bits per heavy atom. The van der Waals surface area contributed by atoms with Gasteiger partial charge in [0.2, 0.25) is 0 Å². The molecule has 2 N–H and O–H groups in total. The number of rotatable bonds is 5. The summed E-state index contributed by atoms with van der Waals surface area (Å²) >= 11 is 0. The van der Waals surface area contributed by atoms with Crippen LogP contribution in [0.2, 0.25) is 0 Å². The molecule has 20 heavy (non-hydrogen) atoms. The Kier molecular flexibility index (Phi) is 4.60. The molecule has 2 amide bonds. The number of hydrogen-bond donors (Lipinski definition) is 2. The third-order valence-corrected chi connectivity index (χ3v) is 3.62. The Morgan fingerprint density at radius 3 is 2.85 bits per heavy atom. The van der Waals surface area contributed by atoms with Gasteiger partial charge >= 0.3 is 12.0 Å². The lowest BCUT2D eigenvalue weighted by Crippen LogP contribution is -2.39. The number of aryl methyl sites for hydroxylation is 1. The number of aromatic nitrogens is 2. The maximum Gasteiger partial charge on any atom is 0.317 e. The number of carboxylic acids is 1. The van der Waals surface area contributed by atoms with Crippen LogP contribution in [-0.4, -0.2) is 51.4 Å². The van der Waals surface area contributed by atoms with E-state index in [1.807, 2.05) is 23.9 Å². The SMILES string of the molecule is CC1CN(C(=O)NCCCn2cccn2)CC1C(=O)O. The Labute approximate surface area is 117 Å². The summed E-state index contributed by atoms with van der Waals surface area (Å²) in [6.07, 6.45) is 4.39. The average molecular weight is 280 g/mol. The van der Waals surface area contributed by atoms with E-state index in [1.165, 1.54) is 0 Å². The summed E-state index contributed by atoms with van der Waals surface area (Å²) in [5.74, 6) is -1.28. The highest BCUT2D eigenvalue weighted by Crippen LogP contribution is 2.22. The lowest BCUT2D eigenvalue weighted by molar-refractivity contribution is -0.142. The van der Waals surface area contributed by atoms with Crippen LogP contribution in [-0.2, 0) is 11.3 Å². The molecule has 1 aliphatic heterocycles. The van der Waals surface area contributed by atoms with Gasteiger partial charge in [-0.05, 0) is 18.4 Å². The molecule has 2 heterocycles. The van der Waals surface area contributed by atoms with Crippen molar-refractivity contribution < 1.29 is 14.7 Å². The molecule has 110 valence electrons. The lowest BCUT2D eigenvalue weighted by Gasteiger charge is -2.16. The van der Waals surface area contributed by atoms with Crippen LogP contribution in [0.4, 0.5) is 4.79 Å². The zero-order valence-electron chi connectivity index (χ0n) is 11.5. The van der Waals surface area contributed by atoms with E-state index in [0.717, 1.165) is 13.0 Å². The summed E-state index contributed by atoms with van der Waals surface area (Å²) in [6.45, 7) is 3.97. The summed E-state index contributed by atoms with van der Waals surface area (Å²) in [4.78, 5) is 24.5. The van der Waals surface area contributed by atoms with Gasteiger partial charge in [0.25, 0.3) is 0 Å². The van der Waals surface area contributed by atoms with Gasteiger partial charge in [0.15, 0.2) is 0 Å². The van der Waals surface area contributed by atoms with Crippen molar-refractivity contribution in [1.82, 2.24) is 20.0 Å². The molecular weight excluding hydrogens is 260 g/mol. The predicted octanol–water partition coefficient (Wildman–Crippen LogP) is 0.635. The van der Waals surface area contributed by atoms with Gasteiger partial charge in [0.1, 0.15) is 0 Å². The Hall–Kier alpha value is -2.05. The van der Waals surface area contributed by atoms with Gasteiger partial charge in [-0.3, -0.25) is 9.48 Å². The van der Waals surface area contributed by atoms with E-state index in [-0.39, 0.29) is 11.9 Å². The zero-order valence-corrected chi connectivity index (χ0v) is 11.5. The standard InChI is InChI=1S/C13H20N4O3/c1-10-8-16(9-11(10)12(18)19)13(20)14-4-2-6-17-7-3-5-15-17/h3,5,7,10-11H,2,4,6,8-9H2,1H3,(H,14,20)(H,18,19). The number of aliphatic carboxylic acids is 1. The molecule has 2 atom stereocenters. The third kappa shape index (κ3) is 3.49. The Morgan fingerprint density at radius 1 is 1.45 bits per heavy atom. The van der Waals surface area contributed by atoms with Crippen LogP contribution < -0.4 is 5.32 Å². The highest BCUT2D eigenvalue weighted by atomic mass is 16.4. The van der Waals surface area contributed by atoms with Crippen molar-refractivity contribution in [2.24, 2.45) is 11.8 Å². The fraction of sp³-hybridized carbons (Fsp3) is 0.615. The van der Waals surface area contributed by atoms with E-state index in [1.54, 1.807) is 11.1 Å². The first-order chi connectivity index (χ1) is 9.58. The van der Waals surface area contributed by atoms with Crippen molar-refractivity contribution >= 4 is 12.0 Å². The van der Waals surface area contributed by atoms with Crippen LogP contribution in [0.1, 0.15) is 13.3 Å². The first-order valence-electron chi connectivity index (χ1n) is 6.81. The number of carboxylic acid groups (broad SMARTS) is 1. The van der Waals surface area contributed by atoms with Crippen molar-refractivity contribution in [3.8, 4) is 0 Å². The number of nitrogens with zero attached hydrogens (tertiary/aromatic N) is 3. The van der Waals surface area contributed by atoms with E-state index in [4.69, 9.17) is 5.11 Å². The van der Waals surface area contributed by atoms with Crippen molar-refractivity contribution in [3.05, 3.63) is 18.5 Å². The van der Waals surface area contributed by atoms with Crippen LogP contribution in [0, 0.1) is 11.8 Å². The molecule has 0 aliphatic carbocycles. The predicted molar refractivity (Wildman–Crippen MR) is 72.1 cm³/mol. The zero-order chi connectivity index (χ0) is 14.5. The summed E-state index contributed by atoms with van der Waals surface area (Å²) in [6, 6.07) is 1.68. The molecule has 1 aromatic heterocycles. The Balaban J connectivity index is 1.69. The van der Waals surface area contributed by atoms with Gasteiger partial charge in [-0.1, -0.05) is 6.92 Å². The molecule has 0 radical (unpaired) electrons. The number of urea groups is 1. The van der Waals surface area contributed by atoms with Gasteiger partial charge in [0, 0.05) is 38.6 Å². The largest absolute Gasteiger partial charge is 0.481 e. The normalized spacial score (nSPS) is 21.9. The first-order valence-corrected chi connectivity index (χ1v) is 6.81. The molecule has 0 saturated carbocycles. The maximum atomic E-state index is 11.9. The third-order valence-electron chi connectivity index (χ3n) is 3.62. The van der Waals surface area contributed by atoms with Crippen LogP contribution >= 0.6 is 0 Å². The molecule has 2 rings (SSSR count). The van der Waals surface area contributed by atoms with Crippen molar-refractivity contribution in [2.75, 3.05) is 19.6 Å². The van der Waals surface area contributed by atoms with Crippen molar-refractivity contribution in [2.45, 2.75) is 19.9 Å². The monoisotopic (exact) mass is 280 g/mol. The van der Waals surface area contributed by atoms with E-state index >= 15 is 0 Å². The lowest BCUT2D eigenvalue weighted by atomic mass is 9.99. The topological polar surface area (TPSA) is 87.5 Å². The average Bonchev–Trinajstić information content (AvgIpc) is 3.03. The van der Waals surface area contributed by atoms with Crippen molar-refractivity contribution in [3.63, 3.8) is 0 Å². The highest BCUT2D eigenvalue weighted by molar-refractivity contribution is 5.77. The molecule has 0 bridgehead atoms. The van der Waals surface area contributed by atoms with E-state index < -0.39 is 11.9 Å². The Bertz CT molecular complexity index is 460. The molecule has 1 fully saturated rings. The van der Waals surface area contributed by atoms with E-state index in [2.05, 4.69) is 10.4 Å². The smallest absolute Gasteiger partial charge is 0.317 e.